The Morgan fingerprint density at radius 2 is 0.585 bits per heavy atom. The summed E-state index contributed by atoms with van der Waals surface area (Å²) in [6, 6.07) is 37.2. The van der Waals surface area contributed by atoms with Crippen molar-refractivity contribution in [1.29, 1.82) is 0 Å². The number of hydrogen-bond acceptors (Lipinski definition) is 25. The fourth-order valence-corrected chi connectivity index (χ4v) is 22.2. The van der Waals surface area contributed by atoms with Gasteiger partial charge in [-0.3, -0.25) is 34.9 Å². The van der Waals surface area contributed by atoms with Crippen molar-refractivity contribution in [3.05, 3.63) is 262 Å². The highest BCUT2D eigenvalue weighted by Crippen LogP contribution is 2.36. The molecule has 13 rings (SSSR count). The number of benzene rings is 5. The number of aryl methyl sites for hydroxylation is 6. The first-order valence-electron chi connectivity index (χ1n) is 46.9. The number of hydrogen-bond donors (Lipinski definition) is 2. The van der Waals surface area contributed by atoms with Gasteiger partial charge in [0.15, 0.2) is 19.7 Å². The Hall–Kier alpha value is -10.7. The molecule has 1 saturated heterocycles. The van der Waals surface area contributed by atoms with Crippen LogP contribution in [0.5, 0.6) is 0 Å². The molecule has 766 valence electrons. The van der Waals surface area contributed by atoms with E-state index in [9.17, 15) is 50.5 Å². The van der Waals surface area contributed by atoms with Crippen LogP contribution in [0.1, 0.15) is 257 Å². The molecule has 0 saturated carbocycles. The average molecular weight is 2050 g/mol. The average Bonchev–Trinajstić information content (AvgIpc) is 1.44. The van der Waals surface area contributed by atoms with Crippen LogP contribution in [-0.4, -0.2) is 175 Å². The van der Waals surface area contributed by atoms with Gasteiger partial charge in [0, 0.05) is 130 Å². The maximum atomic E-state index is 12.8. The van der Waals surface area contributed by atoms with Crippen LogP contribution in [0.3, 0.4) is 0 Å². The molecule has 0 amide bonds. The van der Waals surface area contributed by atoms with Gasteiger partial charge in [0.2, 0.25) is 40.1 Å². The molecule has 12 aromatic rings. The summed E-state index contributed by atoms with van der Waals surface area (Å²) in [7, 11) is -16.9. The van der Waals surface area contributed by atoms with E-state index in [1.807, 2.05) is 129 Å². The third-order valence-electron chi connectivity index (χ3n) is 21.8. The van der Waals surface area contributed by atoms with E-state index in [1.54, 1.807) is 142 Å². The molecule has 5 aromatic carbocycles. The largest absolute Gasteiger partial charge is 0.264 e. The second-order valence-corrected chi connectivity index (χ2v) is 55.4. The molecule has 142 heavy (non-hydrogen) atoms. The molecule has 0 radical (unpaired) electrons. The second-order valence-electron chi connectivity index (χ2n) is 43.6. The summed E-state index contributed by atoms with van der Waals surface area (Å²) in [4.78, 5) is 60.0. The number of sulfone groups is 2. The Kier molecular flexibility index (Phi) is 37.8. The third kappa shape index (κ3) is 34.0. The fourth-order valence-electron chi connectivity index (χ4n) is 15.5. The quantitative estimate of drug-likeness (QED) is 0.0715. The highest BCUT2D eigenvalue weighted by Gasteiger charge is 2.32. The summed E-state index contributed by atoms with van der Waals surface area (Å²) < 4.78 is 153. The number of aromatic nitrogens is 13. The Labute approximate surface area is 845 Å². The van der Waals surface area contributed by atoms with Crippen LogP contribution in [0, 0.1) is 41.5 Å². The second kappa shape index (κ2) is 46.1. The van der Waals surface area contributed by atoms with E-state index >= 15 is 0 Å². The molecule has 8 heterocycles. The van der Waals surface area contributed by atoms with Crippen molar-refractivity contribution >= 4 is 59.8 Å². The van der Waals surface area contributed by atoms with E-state index in [0.717, 1.165) is 137 Å². The molecule has 0 atom stereocenters. The highest BCUT2D eigenvalue weighted by molar-refractivity contribution is 7.90. The van der Waals surface area contributed by atoms with Crippen molar-refractivity contribution in [2.75, 3.05) is 39.7 Å². The molecular formula is C107H145N17O12S6. The van der Waals surface area contributed by atoms with Crippen molar-refractivity contribution < 1.29 is 50.5 Å². The van der Waals surface area contributed by atoms with Crippen molar-refractivity contribution in [2.24, 2.45) is 0 Å². The Morgan fingerprint density at radius 1 is 0.324 bits per heavy atom. The monoisotopic (exact) mass is 2050 g/mol. The van der Waals surface area contributed by atoms with E-state index < -0.39 is 65.3 Å². The van der Waals surface area contributed by atoms with Gasteiger partial charge < -0.3 is 0 Å². The Bertz CT molecular complexity index is 7100. The first-order chi connectivity index (χ1) is 65.1. The van der Waals surface area contributed by atoms with E-state index in [0.29, 0.717) is 46.3 Å². The summed E-state index contributed by atoms with van der Waals surface area (Å²) in [5.41, 5.74) is 21.0. The molecule has 2 N–H and O–H groups in total. The molecule has 35 heteroatoms. The predicted octanol–water partition coefficient (Wildman–Crippen LogP) is 19.9. The number of sulfonamides is 4. The lowest BCUT2D eigenvalue weighted by Gasteiger charge is -2.21. The normalized spacial score (nSPS) is 13.3. The van der Waals surface area contributed by atoms with Crippen molar-refractivity contribution in [3.8, 4) is 67.5 Å². The first kappa shape index (κ1) is 117. The maximum Gasteiger partial charge on any atom is 0.243 e. The first-order valence-corrected chi connectivity index (χ1v) is 57.1. The highest BCUT2D eigenvalue weighted by atomic mass is 32.2. The smallest absolute Gasteiger partial charge is 0.243 e. The van der Waals surface area contributed by atoms with Gasteiger partial charge in [-0.2, -0.15) is 4.31 Å². The molecular weight excluding hydrogens is 1910 g/mol. The van der Waals surface area contributed by atoms with Gasteiger partial charge in [0.05, 0.1) is 172 Å². The van der Waals surface area contributed by atoms with Gasteiger partial charge in [-0.25, -0.2) is 94.2 Å². The maximum absolute atomic E-state index is 12.8. The van der Waals surface area contributed by atoms with Crippen LogP contribution in [0.4, 0.5) is 0 Å². The van der Waals surface area contributed by atoms with E-state index in [1.165, 1.54) is 16.8 Å². The summed E-state index contributed by atoms with van der Waals surface area (Å²) in [6.07, 6.45) is 17.8. The zero-order valence-corrected chi connectivity index (χ0v) is 93.7. The van der Waals surface area contributed by atoms with E-state index in [-0.39, 0.29) is 65.6 Å². The standard InChI is InChI=1S/C19H25N3O2S.C19H27N3O2S.2C18H25N3O2S.C17H22N2O2S.C16H21N3O2S/c1-14-18(19(2,3)4)21-17(13-20-14)15-8-7-9-16(12-15)25(23,24)22-10-5-6-11-22;1-13-17(18(2,3)4)21-16(12-20-13)14-9-8-10-15(11-14)25(23,24)22-19(5,6)7;1-13-17(18(2,3)4)20-16(11-19-13)15-9-7-8-14(10-15)12-24(22,23)21(5)6;1-12(2)21-24(22,23)15-9-7-8-14(10-15)16-11-19-13(3)17(20-16)18(4,5)6;1-12-16(17(2,3)4)19-15(10-18-12)14-8-6-7-13(9-14)11-22(5,20)21;1-11-15(16(2,3)4)19-14(9-18-11)13-6-12(7-17-8-13)10-22(5,20)21/h7-9,12-13H,5-6,10-11H2,1-4H3;8-12,22H,1-7H3;7-11H,12H2,1-6H3;7-12,21H,1-6H3;6-10H,11H2,1-5H3;6-9H,10H2,1-5H3. The number of nitrogens with one attached hydrogen (secondary N) is 2. The summed E-state index contributed by atoms with van der Waals surface area (Å²) in [5.74, 6) is -0.0230. The van der Waals surface area contributed by atoms with Gasteiger partial charge in [-0.05, 0) is 160 Å². The van der Waals surface area contributed by atoms with Gasteiger partial charge in [-0.15, -0.1) is 0 Å². The van der Waals surface area contributed by atoms with Crippen LogP contribution in [0.25, 0.3) is 67.5 Å². The van der Waals surface area contributed by atoms with Gasteiger partial charge in [-0.1, -0.05) is 197 Å². The molecule has 0 unspecified atom stereocenters. The zero-order chi connectivity index (χ0) is 107. The van der Waals surface area contributed by atoms with E-state index in [4.69, 9.17) is 29.9 Å². The van der Waals surface area contributed by atoms with Gasteiger partial charge in [0.1, 0.15) is 0 Å². The minimum atomic E-state index is -3.59. The molecule has 29 nitrogen and oxygen atoms in total. The van der Waals surface area contributed by atoms with Crippen LogP contribution in [0.2, 0.25) is 0 Å². The molecule has 1 fully saturated rings. The SMILES string of the molecule is Cc1ncc(-c2cccc(CS(=O)(=O)N(C)C)c2)nc1C(C)(C)C.Cc1ncc(-c2cccc(CS(C)(=O)=O)c2)nc1C(C)(C)C.Cc1ncc(-c2cccc(S(=O)(=O)N3CCCC3)c2)nc1C(C)(C)C.Cc1ncc(-c2cccc(S(=O)(=O)NC(C)(C)C)c2)nc1C(C)(C)C.Cc1ncc(-c2cccc(S(=O)(=O)NC(C)C)c2)nc1C(C)(C)C.Cc1ncc(-c2cncc(CS(C)(=O)=O)c2)nc1C(C)(C)C. The van der Waals surface area contributed by atoms with Crippen LogP contribution in [-0.2, 0) is 110 Å². The molecule has 1 aliphatic rings. The molecule has 0 spiro atoms. The minimum absolute atomic E-state index is 0.0285. The molecule has 1 aliphatic heterocycles. The molecule has 0 aliphatic carbocycles. The van der Waals surface area contributed by atoms with Crippen molar-refractivity contribution in [1.82, 2.24) is 82.8 Å². The summed E-state index contributed by atoms with van der Waals surface area (Å²) in [6.45, 7) is 59.6. The van der Waals surface area contributed by atoms with Crippen molar-refractivity contribution in [3.63, 3.8) is 0 Å². The lowest BCUT2D eigenvalue weighted by molar-refractivity contribution is 0.477. The van der Waals surface area contributed by atoms with Crippen molar-refractivity contribution in [2.45, 2.75) is 290 Å². The Balaban J connectivity index is 0.000000209. The fraction of sp³-hybridized carbons (Fsp3) is 0.449. The van der Waals surface area contributed by atoms with Crippen LogP contribution < -0.4 is 9.44 Å². The van der Waals surface area contributed by atoms with Gasteiger partial charge >= 0.3 is 0 Å². The van der Waals surface area contributed by atoms with E-state index in [2.05, 4.69) is 169 Å². The number of nitrogens with zero attached hydrogens (tertiary/aromatic N) is 15. The summed E-state index contributed by atoms with van der Waals surface area (Å²) >= 11 is 0. The molecule has 0 bridgehead atoms. The van der Waals surface area contributed by atoms with Crippen LogP contribution in [0.15, 0.2) is 192 Å². The predicted molar refractivity (Wildman–Crippen MR) is 570 cm³/mol. The lowest BCUT2D eigenvalue weighted by Crippen LogP contribution is -2.40. The third-order valence-corrected chi connectivity index (χ3v) is 30.7. The van der Waals surface area contributed by atoms with Crippen LogP contribution >= 0.6 is 0 Å². The minimum Gasteiger partial charge on any atom is -0.264 e. The number of rotatable bonds is 20. The summed E-state index contributed by atoms with van der Waals surface area (Å²) in [5, 5.41) is 0. The number of pyridine rings is 1. The topological polar surface area (TPSA) is 403 Å². The lowest BCUT2D eigenvalue weighted by atomic mass is 9.90. The van der Waals surface area contributed by atoms with Gasteiger partial charge in [0.25, 0.3) is 0 Å². The zero-order valence-electron chi connectivity index (χ0n) is 88.8. The Morgan fingerprint density at radius 3 is 0.873 bits per heavy atom. The molecule has 7 aromatic heterocycles.